The van der Waals surface area contributed by atoms with E-state index >= 15 is 0 Å². The van der Waals surface area contributed by atoms with Crippen molar-refractivity contribution in [2.45, 2.75) is 18.8 Å². The number of alkyl halides is 3. The molecule has 0 aliphatic heterocycles. The van der Waals surface area contributed by atoms with Crippen LogP contribution in [-0.2, 0) is 6.42 Å². The van der Waals surface area contributed by atoms with Gasteiger partial charge in [0.15, 0.2) is 0 Å². The van der Waals surface area contributed by atoms with Crippen molar-refractivity contribution in [1.29, 1.82) is 0 Å². The number of rotatable bonds is 4. The maximum Gasteiger partial charge on any atom is 0.573 e. The molecule has 0 bridgehead atoms. The van der Waals surface area contributed by atoms with Crippen molar-refractivity contribution < 1.29 is 23.0 Å². The Morgan fingerprint density at radius 2 is 1.94 bits per heavy atom. The van der Waals surface area contributed by atoms with Gasteiger partial charge in [-0.2, -0.15) is 0 Å². The fourth-order valence-corrected chi connectivity index (χ4v) is 1.82. The molecule has 1 atom stereocenters. The molecule has 0 spiro atoms. The van der Waals surface area contributed by atoms with E-state index in [1.54, 1.807) is 6.07 Å². The van der Waals surface area contributed by atoms with Gasteiger partial charge in [0.25, 0.3) is 0 Å². The van der Waals surface area contributed by atoms with E-state index in [1.807, 2.05) is 0 Å². The second kappa shape index (κ2) is 7.18. The monoisotopic (exact) mass is 349 g/mol. The Hall–Kier alpha value is -0.500. The van der Waals surface area contributed by atoms with Crippen LogP contribution in [0.15, 0.2) is 22.7 Å². The van der Waals surface area contributed by atoms with Crippen LogP contribution < -0.4 is 10.5 Å². The first kappa shape index (κ1) is 17.5. The van der Waals surface area contributed by atoms with E-state index in [-0.39, 0.29) is 31.2 Å². The molecule has 1 rings (SSSR count). The predicted molar refractivity (Wildman–Crippen MR) is 66.8 cm³/mol. The summed E-state index contributed by atoms with van der Waals surface area (Å²) in [6.45, 7) is -0.234. The van der Waals surface area contributed by atoms with Gasteiger partial charge in [-0.15, -0.1) is 25.6 Å². The molecular weight excluding hydrogens is 338 g/mol. The van der Waals surface area contributed by atoms with Crippen molar-refractivity contribution in [1.82, 2.24) is 0 Å². The van der Waals surface area contributed by atoms with Crippen LogP contribution in [0.4, 0.5) is 13.2 Å². The third-order valence-electron chi connectivity index (χ3n) is 1.90. The molecule has 3 nitrogen and oxygen atoms in total. The van der Waals surface area contributed by atoms with Gasteiger partial charge in [-0.25, -0.2) is 0 Å². The zero-order valence-electron chi connectivity index (χ0n) is 9.08. The molecule has 3 N–H and O–H groups in total. The minimum Gasteiger partial charge on any atom is -0.406 e. The molecule has 0 aliphatic carbocycles. The van der Waals surface area contributed by atoms with Crippen LogP contribution in [0.25, 0.3) is 0 Å². The lowest BCUT2D eigenvalue weighted by Gasteiger charge is -2.12. The average molecular weight is 351 g/mol. The van der Waals surface area contributed by atoms with Crippen LogP contribution >= 0.6 is 28.3 Å². The van der Waals surface area contributed by atoms with E-state index in [0.29, 0.717) is 10.0 Å². The van der Waals surface area contributed by atoms with E-state index < -0.39 is 12.4 Å². The summed E-state index contributed by atoms with van der Waals surface area (Å²) >= 11 is 3.08. The van der Waals surface area contributed by atoms with Gasteiger partial charge < -0.3 is 15.6 Å². The number of hydrogen-bond donors (Lipinski definition) is 2. The van der Waals surface area contributed by atoms with Crippen LogP contribution in [0.2, 0.25) is 0 Å². The summed E-state index contributed by atoms with van der Waals surface area (Å²) in [5, 5.41) is 8.77. The number of benzene rings is 1. The van der Waals surface area contributed by atoms with Crippen molar-refractivity contribution in [3.8, 4) is 5.75 Å². The molecule has 1 aromatic carbocycles. The zero-order valence-corrected chi connectivity index (χ0v) is 11.5. The molecule has 0 aliphatic rings. The van der Waals surface area contributed by atoms with Crippen molar-refractivity contribution in [2.75, 3.05) is 6.61 Å². The SMILES string of the molecule is Cl.NC(CO)Cc1cc(Br)cc(OC(F)(F)F)c1. The van der Waals surface area contributed by atoms with E-state index in [2.05, 4.69) is 20.7 Å². The van der Waals surface area contributed by atoms with E-state index in [4.69, 9.17) is 10.8 Å². The minimum atomic E-state index is -4.73. The van der Waals surface area contributed by atoms with Crippen LogP contribution in [0.1, 0.15) is 5.56 Å². The normalized spacial score (nSPS) is 12.8. The van der Waals surface area contributed by atoms with Crippen LogP contribution in [0.3, 0.4) is 0 Å². The van der Waals surface area contributed by atoms with Gasteiger partial charge >= 0.3 is 6.36 Å². The van der Waals surface area contributed by atoms with Crippen molar-refractivity contribution >= 4 is 28.3 Å². The molecule has 0 aromatic heterocycles. The fourth-order valence-electron chi connectivity index (χ4n) is 1.30. The molecule has 0 radical (unpaired) electrons. The first-order valence-corrected chi connectivity index (χ1v) is 5.51. The summed E-state index contributed by atoms with van der Waals surface area (Å²) in [4.78, 5) is 0. The second-order valence-electron chi connectivity index (χ2n) is 3.49. The van der Waals surface area contributed by atoms with Crippen LogP contribution in [-0.4, -0.2) is 24.1 Å². The Bertz CT molecular complexity index is 390. The smallest absolute Gasteiger partial charge is 0.406 e. The molecule has 1 aromatic rings. The lowest BCUT2D eigenvalue weighted by atomic mass is 10.1. The molecule has 18 heavy (non-hydrogen) atoms. The Balaban J connectivity index is 0.00000289. The molecule has 104 valence electrons. The molecule has 8 heteroatoms. The van der Waals surface area contributed by atoms with Gasteiger partial charge in [-0.1, -0.05) is 15.9 Å². The standard InChI is InChI=1S/C10H11BrF3NO2.ClH/c11-7-1-6(2-8(15)5-16)3-9(4-7)17-10(12,13)14;/h1,3-4,8,16H,2,5,15H2;1H. The molecule has 0 saturated carbocycles. The van der Waals surface area contributed by atoms with Crippen molar-refractivity contribution in [3.63, 3.8) is 0 Å². The van der Waals surface area contributed by atoms with Gasteiger partial charge in [-0.05, 0) is 30.2 Å². The molecule has 1 unspecified atom stereocenters. The highest BCUT2D eigenvalue weighted by atomic mass is 79.9. The van der Waals surface area contributed by atoms with Gasteiger partial charge in [0.2, 0.25) is 0 Å². The number of ether oxygens (including phenoxy) is 1. The Kier molecular flexibility index (Phi) is 6.98. The maximum atomic E-state index is 12.0. The summed E-state index contributed by atoms with van der Waals surface area (Å²) in [6, 6.07) is 3.57. The topological polar surface area (TPSA) is 55.5 Å². The summed E-state index contributed by atoms with van der Waals surface area (Å²) in [5.74, 6) is -0.313. The van der Waals surface area contributed by atoms with E-state index in [0.717, 1.165) is 0 Å². The lowest BCUT2D eigenvalue weighted by molar-refractivity contribution is -0.274. The summed E-state index contributed by atoms with van der Waals surface area (Å²) in [6.07, 6.45) is -4.46. The third-order valence-corrected chi connectivity index (χ3v) is 2.35. The molecule has 0 amide bonds. The molecular formula is C10H12BrClF3NO2. The molecule has 0 fully saturated rings. The first-order chi connectivity index (χ1) is 7.80. The van der Waals surface area contributed by atoms with Crippen LogP contribution in [0, 0.1) is 0 Å². The highest BCUT2D eigenvalue weighted by Crippen LogP contribution is 2.27. The predicted octanol–water partition coefficient (Wildman–Crippen LogP) is 2.63. The Labute approximate surface area is 117 Å². The average Bonchev–Trinajstić information content (AvgIpc) is 2.13. The van der Waals surface area contributed by atoms with E-state index in [1.165, 1.54) is 12.1 Å². The zero-order chi connectivity index (χ0) is 13.1. The van der Waals surface area contributed by atoms with Gasteiger partial charge in [0.05, 0.1) is 6.61 Å². The number of aliphatic hydroxyl groups excluding tert-OH is 1. The quantitative estimate of drug-likeness (QED) is 0.878. The Morgan fingerprint density at radius 1 is 1.33 bits per heavy atom. The number of hydrogen-bond acceptors (Lipinski definition) is 3. The third kappa shape index (κ3) is 6.44. The number of aliphatic hydroxyl groups is 1. The summed E-state index contributed by atoms with van der Waals surface area (Å²) in [5.41, 5.74) is 6.06. The molecule has 0 saturated heterocycles. The molecule has 0 heterocycles. The number of halogens is 5. The fraction of sp³-hybridized carbons (Fsp3) is 0.400. The minimum absolute atomic E-state index is 0. The highest BCUT2D eigenvalue weighted by molar-refractivity contribution is 9.10. The van der Waals surface area contributed by atoms with Gasteiger partial charge in [0.1, 0.15) is 5.75 Å². The summed E-state index contributed by atoms with van der Waals surface area (Å²) < 4.78 is 40.4. The van der Waals surface area contributed by atoms with Gasteiger partial charge in [0, 0.05) is 10.5 Å². The highest BCUT2D eigenvalue weighted by Gasteiger charge is 2.31. The van der Waals surface area contributed by atoms with Crippen molar-refractivity contribution in [3.05, 3.63) is 28.2 Å². The lowest BCUT2D eigenvalue weighted by Crippen LogP contribution is -2.26. The van der Waals surface area contributed by atoms with Crippen molar-refractivity contribution in [2.24, 2.45) is 5.73 Å². The maximum absolute atomic E-state index is 12.0. The van der Waals surface area contributed by atoms with E-state index in [9.17, 15) is 13.2 Å². The Morgan fingerprint density at radius 3 is 2.44 bits per heavy atom. The first-order valence-electron chi connectivity index (χ1n) is 4.72. The second-order valence-corrected chi connectivity index (χ2v) is 4.41. The van der Waals surface area contributed by atoms with Gasteiger partial charge in [-0.3, -0.25) is 0 Å². The largest absolute Gasteiger partial charge is 0.573 e. The summed E-state index contributed by atoms with van der Waals surface area (Å²) in [7, 11) is 0. The van der Waals surface area contributed by atoms with Crippen LogP contribution in [0.5, 0.6) is 5.75 Å². The number of nitrogens with two attached hydrogens (primary N) is 1.